The predicted octanol–water partition coefficient (Wildman–Crippen LogP) is 22.9. The van der Waals surface area contributed by atoms with Gasteiger partial charge in [0.1, 0.15) is 82.3 Å². The van der Waals surface area contributed by atoms with Crippen LogP contribution in [0.3, 0.4) is 0 Å². The molecule has 0 saturated heterocycles. The van der Waals surface area contributed by atoms with Crippen LogP contribution in [0.5, 0.6) is 0 Å². The minimum atomic E-state index is -1.82. The Balaban J connectivity index is 0.000000317. The summed E-state index contributed by atoms with van der Waals surface area (Å²) >= 11 is 0. The molecule has 0 bridgehead atoms. The van der Waals surface area contributed by atoms with Crippen LogP contribution >= 0.6 is 0 Å². The fourth-order valence-corrected chi connectivity index (χ4v) is 16.7. The molecule has 2 amide bonds. The van der Waals surface area contributed by atoms with Gasteiger partial charge in [-0.05, 0) is 167 Å². The van der Waals surface area contributed by atoms with Crippen LogP contribution in [0, 0.1) is 40.0 Å². The molecule has 0 aliphatic rings. The molecule has 12 rings (SSSR count). The van der Waals surface area contributed by atoms with Crippen LogP contribution in [0.1, 0.15) is 212 Å². The van der Waals surface area contributed by atoms with Crippen LogP contribution in [0.4, 0.5) is 41.6 Å². The number of halogens is 2. The van der Waals surface area contributed by atoms with Crippen LogP contribution in [0.2, 0.25) is 36.3 Å². The number of aryl methyl sites for hydroxylation is 8. The third kappa shape index (κ3) is 27.1. The molecule has 0 saturated carbocycles. The highest BCUT2D eigenvalue weighted by Crippen LogP contribution is 2.46. The zero-order valence-electron chi connectivity index (χ0n) is 80.0. The molecule has 0 radical (unpaired) electrons. The van der Waals surface area contributed by atoms with Crippen molar-refractivity contribution in [1.82, 2.24) is 63.5 Å². The summed E-state index contributed by atoms with van der Waals surface area (Å²) in [5, 5.41) is 15.3. The number of aromatic nitrogens is 12. The summed E-state index contributed by atoms with van der Waals surface area (Å²) in [4.78, 5) is 101. The first-order valence-corrected chi connectivity index (χ1v) is 49.8. The Kier molecular flexibility index (Phi) is 40.5. The van der Waals surface area contributed by atoms with E-state index in [1.165, 1.54) is 29.1 Å². The summed E-state index contributed by atoms with van der Waals surface area (Å²) in [6, 6.07) is 31.3. The first kappa shape index (κ1) is 113. The van der Waals surface area contributed by atoms with Crippen molar-refractivity contribution in [1.29, 1.82) is 0 Å². The summed E-state index contributed by atoms with van der Waals surface area (Å²) in [6.45, 7) is 50.6. The number of nitrogens with one attached hydrogen (secondary N) is 1. The Bertz CT molecular complexity index is 6080. The van der Waals surface area contributed by atoms with Crippen molar-refractivity contribution in [3.8, 4) is 56.9 Å². The number of benzene rings is 4. The molecule has 12 aromatic rings. The molecule has 730 valence electrons. The number of carbonyl (C=O) groups excluding carboxylic acids is 5. The zero-order chi connectivity index (χ0) is 96.6. The van der Waals surface area contributed by atoms with Gasteiger partial charge in [0.15, 0.2) is 41.6 Å². The van der Waals surface area contributed by atoms with E-state index in [2.05, 4.69) is 161 Å². The van der Waals surface area contributed by atoms with Crippen LogP contribution in [0.25, 0.3) is 94.4 Å². The van der Waals surface area contributed by atoms with E-state index in [0.717, 1.165) is 92.3 Å². The van der Waals surface area contributed by atoms with Gasteiger partial charge in [-0.3, -0.25) is 14.4 Å². The van der Waals surface area contributed by atoms with E-state index in [1.807, 2.05) is 92.9 Å². The van der Waals surface area contributed by atoms with E-state index in [1.54, 1.807) is 65.2 Å². The number of aliphatic hydroxyl groups excluding tert-OH is 1. The number of hydrogen-bond acceptors (Lipinski definition) is 23. The molecule has 8 heterocycles. The fraction of sp³-hybridized carbons (Fsp3) is 0.447. The molecule has 0 spiro atoms. The lowest BCUT2D eigenvalue weighted by Crippen LogP contribution is -2.44. The number of ketones is 3. The highest BCUT2D eigenvalue weighted by atomic mass is 28.4. The Labute approximate surface area is 798 Å². The van der Waals surface area contributed by atoms with Gasteiger partial charge in [-0.25, -0.2) is 58.2 Å². The molecule has 8 N–H and O–H groups in total. The molecular weight excluding hydrogens is 1750 g/mol. The third-order valence-electron chi connectivity index (χ3n) is 22.9. The molecule has 8 aromatic heterocycles. The highest BCUT2D eigenvalue weighted by Gasteiger charge is 2.41. The first-order valence-electron chi connectivity index (χ1n) is 44.0. The van der Waals surface area contributed by atoms with E-state index < -0.39 is 64.9 Å². The second-order valence-corrected chi connectivity index (χ2v) is 46.9. The lowest BCUT2D eigenvalue weighted by Gasteiger charge is -2.36. The lowest BCUT2D eigenvalue weighted by molar-refractivity contribution is 0.0428. The number of rotatable bonds is 31. The number of nitrogen functional groups attached to an aromatic ring is 3. The number of imide groups is 1. The largest absolute Gasteiger partial charge is 0.492 e. The molecule has 28 nitrogen and oxygen atoms in total. The van der Waals surface area contributed by atoms with E-state index >= 15 is 0 Å². The molecule has 32 heteroatoms. The molecule has 135 heavy (non-hydrogen) atoms. The number of amides is 2. The molecule has 0 aliphatic heterocycles. The number of carbonyl (C=O) groups is 5. The van der Waals surface area contributed by atoms with Gasteiger partial charge in [0.25, 0.3) is 0 Å². The maximum atomic E-state index is 13.9. The summed E-state index contributed by atoms with van der Waals surface area (Å²) in [6.07, 6.45) is 11.2. The summed E-state index contributed by atoms with van der Waals surface area (Å²) in [7, 11) is -3.62. The van der Waals surface area contributed by atoms with Crippen molar-refractivity contribution in [3.05, 3.63) is 174 Å². The van der Waals surface area contributed by atoms with Crippen molar-refractivity contribution in [2.45, 2.75) is 254 Å². The van der Waals surface area contributed by atoms with E-state index in [-0.39, 0.29) is 105 Å². The number of nitrogens with two attached hydrogens (primary N) is 3. The number of anilines is 4. The smallest absolute Gasteiger partial charge is 0.425 e. The number of aliphatic hydroxyl groups is 1. The van der Waals surface area contributed by atoms with Crippen LogP contribution < -0.4 is 27.4 Å². The SMILES string of the molecule is C.C.C.C.C#CCNCCCn1c(C(=O)CF)c(-c2ccc(C)cc2)c2c(N)ncnc21.C=C(OCC)c1c(-c2ccc(C)cc2)c2c(N)ncnc2n1CCCO[Si](C)(C)C(C)(C)C.CC(=O)c1c(-c2ccc(C)cc2)c2c(N)ncnc2n1CCCO[Si](C)(C)C(C)(C)C.Cc1ccc(-c2c(C(=O)CF)n(CCCO)c3ncnc(N(C(=O)OC(C)(C)C)C(=O)OC(C)(C)C)c23)cc1. The van der Waals surface area contributed by atoms with Crippen LogP contribution in [0.15, 0.2) is 129 Å². The maximum Gasteiger partial charge on any atom is 0.425 e. The molecule has 0 atom stereocenters. The number of terminal acetylenes is 1. The van der Waals surface area contributed by atoms with Gasteiger partial charge in [0, 0.05) is 75.2 Å². The fourth-order valence-electron chi connectivity index (χ4n) is 14.5. The normalized spacial score (nSPS) is 11.6. The zero-order valence-corrected chi connectivity index (χ0v) is 82.0. The number of ether oxygens (including phenoxy) is 3. The highest BCUT2D eigenvalue weighted by molar-refractivity contribution is 6.74. The Morgan fingerprint density at radius 2 is 0.778 bits per heavy atom. The number of Topliss-reactive ketones (excluding diaryl/α,β-unsaturated/α-hetero) is 3. The topological polar surface area (TPSA) is 368 Å². The van der Waals surface area contributed by atoms with Crippen molar-refractivity contribution in [3.63, 3.8) is 0 Å². The molecule has 0 aliphatic carbocycles. The third-order valence-corrected chi connectivity index (χ3v) is 32.0. The average molecular weight is 1890 g/mol. The van der Waals surface area contributed by atoms with Gasteiger partial charge in [-0.2, -0.15) is 4.90 Å². The van der Waals surface area contributed by atoms with Crippen molar-refractivity contribution >= 4 is 119 Å². The maximum absolute atomic E-state index is 13.9. The van der Waals surface area contributed by atoms with Gasteiger partial charge in [-0.15, -0.1) is 6.42 Å². The van der Waals surface area contributed by atoms with Crippen molar-refractivity contribution < 1.29 is 60.9 Å². The lowest BCUT2D eigenvalue weighted by atomic mass is 10.00. The molecule has 0 fully saturated rings. The minimum absolute atomic E-state index is 0. The Hall–Kier alpha value is -12.3. The van der Waals surface area contributed by atoms with Crippen LogP contribution in [-0.2, 0) is 49.2 Å². The van der Waals surface area contributed by atoms with Gasteiger partial charge in [0.2, 0.25) is 11.6 Å². The predicted molar refractivity (Wildman–Crippen MR) is 551 cm³/mol. The van der Waals surface area contributed by atoms with Crippen molar-refractivity contribution in [2.75, 3.05) is 75.0 Å². The number of alkyl halides is 2. The van der Waals surface area contributed by atoms with Gasteiger partial charge < -0.3 is 69.0 Å². The second-order valence-electron chi connectivity index (χ2n) is 37.3. The van der Waals surface area contributed by atoms with E-state index in [9.17, 15) is 37.9 Å². The summed E-state index contributed by atoms with van der Waals surface area (Å²) in [5.41, 5.74) is 31.1. The standard InChI is InChI=1S/C28H35FN4O6.C26H38N4O2Si.C24H34N4O2Si.C21H22FN5O.4CH4/c1-17-9-11-18(12-10-17)20-21-23(32(13-8-14-34)22(20)19(35)15-29)30-16-31-24(21)33(25(36)38-27(2,3)4)26(37)39-28(5,6)7;1-9-31-19(3)23-21(20-13-11-18(2)12-14-20)22-24(27)28-17-29-25(22)30(23)15-10-16-32-33(7,8)26(4,5)6;1-16-9-11-18(12-10-16)19-20-22(25)26-15-27-23(20)28(21(19)17(2)29)13-8-14-30-31(6,7)24(3,4)5;1-3-9-24-10-4-11-27-19(16(28)12-22)17(15-7-5-14(2)6-8-15)18-20(23)25-13-26-21(18)27;;;;/h9-12,16,34H,8,13-15H2,1-7H3;11-14,17H,3,9-10,15-16H2,1-2,4-8H3,(H2,27,28,29);9-12,15H,8,13-14H2,1-7H3,(H2,25,26,27);1,5-8,13,24H,4,9-12H2,2H3,(H2,23,25,26);4*1H4. The van der Waals surface area contributed by atoms with Gasteiger partial charge >= 0.3 is 12.2 Å². The van der Waals surface area contributed by atoms with Gasteiger partial charge in [-0.1, -0.05) is 203 Å². The monoisotopic (exact) mass is 1890 g/mol. The van der Waals surface area contributed by atoms with Gasteiger partial charge in [0.05, 0.1) is 57.5 Å². The Morgan fingerprint density at radius 1 is 0.474 bits per heavy atom. The van der Waals surface area contributed by atoms with E-state index in [4.69, 9.17) is 46.7 Å². The molecule has 4 aromatic carbocycles. The number of hydrogen-bond donors (Lipinski definition) is 5. The minimum Gasteiger partial charge on any atom is -0.492 e. The quantitative estimate of drug-likeness (QED) is 0.00885. The van der Waals surface area contributed by atoms with E-state index in [0.29, 0.717) is 108 Å². The second kappa shape index (κ2) is 48.3. The number of fused-ring (bicyclic) bond motifs is 4. The molecule has 0 unspecified atom stereocenters. The average Bonchev–Trinajstić information content (AvgIpc) is 1.58. The van der Waals surface area contributed by atoms with Crippen molar-refractivity contribution in [2.24, 2.45) is 0 Å². The Morgan fingerprint density at radius 3 is 1.10 bits per heavy atom. The summed E-state index contributed by atoms with van der Waals surface area (Å²) in [5.74, 6) is 2.59. The van der Waals surface area contributed by atoms with Crippen LogP contribution in [-0.4, -0.2) is 173 Å². The number of nitrogens with zero attached hydrogens (tertiary/aromatic N) is 13. The first-order chi connectivity index (χ1) is 61.7. The summed E-state index contributed by atoms with van der Waals surface area (Å²) < 4.78 is 64.5. The molecular formula is C103H145F2N17O11Si2.